The zero-order valence-electron chi connectivity index (χ0n) is 14.9. The van der Waals surface area contributed by atoms with Crippen molar-refractivity contribution in [3.8, 4) is 0 Å². The molecular weight excluding hydrogens is 485 g/mol. The maximum Gasteiger partial charge on any atom is 0.321 e. The number of esters is 1. The molecule has 2 N–H and O–H groups in total. The number of halogens is 4. The minimum Gasteiger partial charge on any atom is -0.455 e. The standard InChI is InChI=1S/C17H14Cl2F2N2O5S2/c18-11-6-5-10(7-12(11)19)30(26,27)22-8-16(25)28-9-15(24)23-13-3-1-2-4-14(13)29-17(20)21/h1-7,17,22H,8-9H2,(H,23,24). The second-order valence-electron chi connectivity index (χ2n) is 5.48. The van der Waals surface area contributed by atoms with Crippen LogP contribution < -0.4 is 10.0 Å². The number of nitrogens with one attached hydrogen (secondary N) is 2. The molecule has 0 spiro atoms. The molecule has 0 bridgehead atoms. The van der Waals surface area contributed by atoms with Gasteiger partial charge in [0.2, 0.25) is 10.0 Å². The number of thioether (sulfide) groups is 1. The fourth-order valence-electron chi connectivity index (χ4n) is 2.03. The first-order valence-corrected chi connectivity index (χ1v) is 11.1. The number of benzene rings is 2. The first-order valence-electron chi connectivity index (χ1n) is 8.02. The molecule has 2 aromatic carbocycles. The first-order chi connectivity index (χ1) is 14.1. The molecule has 0 fully saturated rings. The number of hydrogen-bond donors (Lipinski definition) is 2. The highest BCUT2D eigenvalue weighted by Gasteiger charge is 2.18. The highest BCUT2D eigenvalue weighted by atomic mass is 35.5. The summed E-state index contributed by atoms with van der Waals surface area (Å²) in [6.07, 6.45) is 0. The van der Waals surface area contributed by atoms with E-state index in [0.717, 1.165) is 6.07 Å². The summed E-state index contributed by atoms with van der Waals surface area (Å²) in [5.41, 5.74) is 0.129. The van der Waals surface area contributed by atoms with Crippen LogP contribution in [0, 0.1) is 0 Å². The number of anilines is 1. The number of para-hydroxylation sites is 1. The summed E-state index contributed by atoms with van der Waals surface area (Å²) < 4.78 is 56.1. The number of carbonyl (C=O) groups is 2. The highest BCUT2D eigenvalue weighted by Crippen LogP contribution is 2.31. The molecule has 0 saturated heterocycles. The molecule has 0 unspecified atom stereocenters. The Balaban J connectivity index is 1.86. The predicted octanol–water partition coefficient (Wildman–Crippen LogP) is 3.77. The summed E-state index contributed by atoms with van der Waals surface area (Å²) in [5, 5.41) is 2.52. The summed E-state index contributed by atoms with van der Waals surface area (Å²) in [7, 11) is -4.07. The van der Waals surface area contributed by atoms with E-state index in [-0.39, 0.29) is 37.3 Å². The van der Waals surface area contributed by atoms with E-state index in [1.165, 1.54) is 36.4 Å². The molecule has 2 aromatic rings. The largest absolute Gasteiger partial charge is 0.455 e. The van der Waals surface area contributed by atoms with E-state index in [2.05, 4.69) is 5.32 Å². The van der Waals surface area contributed by atoms with E-state index in [1.54, 1.807) is 0 Å². The third kappa shape index (κ3) is 7.40. The first kappa shape index (κ1) is 24.4. The molecule has 0 atom stereocenters. The van der Waals surface area contributed by atoms with Crippen LogP contribution in [0.15, 0.2) is 52.3 Å². The summed E-state index contributed by atoms with van der Waals surface area (Å²) >= 11 is 11.7. The molecule has 0 radical (unpaired) electrons. The molecular formula is C17H14Cl2F2N2O5S2. The van der Waals surface area contributed by atoms with Crippen LogP contribution in [0.5, 0.6) is 0 Å². The molecule has 30 heavy (non-hydrogen) atoms. The minimum atomic E-state index is -4.07. The molecule has 0 aliphatic carbocycles. The molecule has 162 valence electrons. The van der Waals surface area contributed by atoms with Gasteiger partial charge in [-0.15, -0.1) is 0 Å². The van der Waals surface area contributed by atoms with Gasteiger partial charge in [-0.3, -0.25) is 9.59 Å². The van der Waals surface area contributed by atoms with Gasteiger partial charge in [0.1, 0.15) is 6.54 Å². The zero-order chi connectivity index (χ0) is 22.3. The third-order valence-corrected chi connectivity index (χ3v) is 6.28. The SMILES string of the molecule is O=C(COC(=O)CNS(=O)(=O)c1ccc(Cl)c(Cl)c1)Nc1ccccc1SC(F)F. The maximum absolute atomic E-state index is 12.5. The number of ether oxygens (including phenoxy) is 1. The molecule has 0 aliphatic heterocycles. The Hall–Kier alpha value is -1.92. The monoisotopic (exact) mass is 498 g/mol. The fraction of sp³-hybridized carbons (Fsp3) is 0.176. The van der Waals surface area contributed by atoms with Gasteiger partial charge in [0.15, 0.2) is 6.61 Å². The van der Waals surface area contributed by atoms with Crippen molar-refractivity contribution in [3.63, 3.8) is 0 Å². The molecule has 0 heterocycles. The smallest absolute Gasteiger partial charge is 0.321 e. The molecule has 0 saturated carbocycles. The van der Waals surface area contributed by atoms with E-state index >= 15 is 0 Å². The summed E-state index contributed by atoms with van der Waals surface area (Å²) in [6, 6.07) is 9.47. The number of amides is 1. The van der Waals surface area contributed by atoms with Gasteiger partial charge in [-0.05, 0) is 30.3 Å². The van der Waals surface area contributed by atoms with E-state index in [9.17, 15) is 26.8 Å². The third-order valence-electron chi connectivity index (χ3n) is 3.35. The van der Waals surface area contributed by atoms with Gasteiger partial charge < -0.3 is 10.1 Å². The van der Waals surface area contributed by atoms with Gasteiger partial charge in [0, 0.05) is 4.90 Å². The molecule has 0 aliphatic rings. The molecule has 0 aromatic heterocycles. The van der Waals surface area contributed by atoms with Crippen molar-refractivity contribution in [1.29, 1.82) is 0 Å². The van der Waals surface area contributed by atoms with E-state index in [0.29, 0.717) is 0 Å². The normalized spacial score (nSPS) is 11.4. The Morgan fingerprint density at radius 2 is 1.80 bits per heavy atom. The van der Waals surface area contributed by atoms with Crippen LogP contribution in [-0.4, -0.2) is 39.2 Å². The van der Waals surface area contributed by atoms with Gasteiger partial charge in [0.05, 0.1) is 20.6 Å². The second-order valence-corrected chi connectivity index (χ2v) is 9.10. The predicted molar refractivity (Wildman–Crippen MR) is 110 cm³/mol. The van der Waals surface area contributed by atoms with Gasteiger partial charge in [-0.25, -0.2) is 8.42 Å². The Morgan fingerprint density at radius 1 is 1.10 bits per heavy atom. The van der Waals surface area contributed by atoms with E-state index in [4.69, 9.17) is 27.9 Å². The lowest BCUT2D eigenvalue weighted by atomic mass is 10.3. The Kier molecular flexibility index (Phi) is 8.86. The van der Waals surface area contributed by atoms with Gasteiger partial charge in [-0.1, -0.05) is 47.1 Å². The van der Waals surface area contributed by atoms with Gasteiger partial charge in [-0.2, -0.15) is 13.5 Å². The van der Waals surface area contributed by atoms with Crippen molar-refractivity contribution in [1.82, 2.24) is 4.72 Å². The minimum absolute atomic E-state index is 0.0177. The lowest BCUT2D eigenvalue weighted by molar-refractivity contribution is -0.146. The summed E-state index contributed by atoms with van der Waals surface area (Å²) in [4.78, 5) is 23.6. The van der Waals surface area contributed by atoms with Crippen LogP contribution in [0.3, 0.4) is 0 Å². The quantitative estimate of drug-likeness (QED) is 0.403. The van der Waals surface area contributed by atoms with Crippen LogP contribution >= 0.6 is 35.0 Å². The lowest BCUT2D eigenvalue weighted by Gasteiger charge is -2.11. The average molecular weight is 499 g/mol. The topological polar surface area (TPSA) is 102 Å². The van der Waals surface area contributed by atoms with Crippen molar-refractivity contribution in [2.24, 2.45) is 0 Å². The van der Waals surface area contributed by atoms with Crippen LogP contribution in [0.2, 0.25) is 10.0 Å². The van der Waals surface area contributed by atoms with Crippen LogP contribution in [0.1, 0.15) is 0 Å². The number of carbonyl (C=O) groups excluding carboxylic acids is 2. The Morgan fingerprint density at radius 3 is 2.47 bits per heavy atom. The summed E-state index contributed by atoms with van der Waals surface area (Å²) in [6.45, 7) is -1.48. The van der Waals surface area contributed by atoms with Crippen molar-refractivity contribution in [3.05, 3.63) is 52.5 Å². The number of sulfonamides is 1. The molecule has 13 heteroatoms. The summed E-state index contributed by atoms with van der Waals surface area (Å²) in [5.74, 6) is -4.48. The lowest BCUT2D eigenvalue weighted by Crippen LogP contribution is -2.32. The molecule has 2 rings (SSSR count). The van der Waals surface area contributed by atoms with E-state index in [1.807, 2.05) is 4.72 Å². The van der Waals surface area contributed by atoms with Crippen molar-refractivity contribution in [2.75, 3.05) is 18.5 Å². The zero-order valence-corrected chi connectivity index (χ0v) is 18.0. The number of alkyl halides is 2. The van der Waals surface area contributed by atoms with Gasteiger partial charge in [0.25, 0.3) is 11.7 Å². The van der Waals surface area contributed by atoms with E-state index < -0.39 is 40.8 Å². The van der Waals surface area contributed by atoms with Crippen molar-refractivity contribution < 1.29 is 31.5 Å². The molecule has 1 amide bonds. The number of hydrogen-bond acceptors (Lipinski definition) is 6. The Labute approximate surface area is 185 Å². The Bertz CT molecular complexity index is 1040. The fourth-order valence-corrected chi connectivity index (χ4v) is 3.99. The van der Waals surface area contributed by atoms with Crippen molar-refractivity contribution in [2.45, 2.75) is 15.5 Å². The van der Waals surface area contributed by atoms with Crippen molar-refractivity contribution >= 4 is 62.6 Å². The second kappa shape index (κ2) is 10.9. The van der Waals surface area contributed by atoms with Crippen LogP contribution in [0.25, 0.3) is 0 Å². The number of rotatable bonds is 9. The van der Waals surface area contributed by atoms with Gasteiger partial charge >= 0.3 is 5.97 Å². The maximum atomic E-state index is 12.5. The van der Waals surface area contributed by atoms with Crippen LogP contribution in [0.4, 0.5) is 14.5 Å². The van der Waals surface area contributed by atoms with Crippen LogP contribution in [-0.2, 0) is 24.3 Å². The highest BCUT2D eigenvalue weighted by molar-refractivity contribution is 7.99. The average Bonchev–Trinajstić information content (AvgIpc) is 2.68. The molecule has 7 nitrogen and oxygen atoms in total.